The number of methoxy groups -OCH3 is 1. The molecule has 2 aliphatic rings. The van der Waals surface area contributed by atoms with Crippen molar-refractivity contribution in [1.29, 1.82) is 0 Å². The van der Waals surface area contributed by atoms with Gasteiger partial charge in [0.15, 0.2) is 0 Å². The number of amides is 1. The zero-order chi connectivity index (χ0) is 20.6. The average molecular weight is 399 g/mol. The van der Waals surface area contributed by atoms with Gasteiger partial charge in [-0.15, -0.1) is 0 Å². The Labute approximate surface area is 168 Å². The first kappa shape index (κ1) is 19.5. The lowest BCUT2D eigenvalue weighted by molar-refractivity contribution is -0.112. The number of ketones is 1. The van der Waals surface area contributed by atoms with Crippen molar-refractivity contribution in [2.45, 2.75) is 31.5 Å². The standard InChI is InChI=1S/C22H22FNO5/c1-13(14-3-4-19-18(9-14)20(25)21(26)24-19)29-17-11-15(10-16(23)12-17)22(27-2)5-7-28-8-6-22/h3-4,9-13H,5-8H2,1-2H3,(H,24,25,26). The highest BCUT2D eigenvalue weighted by Crippen LogP contribution is 2.38. The quantitative estimate of drug-likeness (QED) is 0.775. The number of rotatable bonds is 5. The van der Waals surface area contributed by atoms with Gasteiger partial charge in [0.25, 0.3) is 11.7 Å². The molecule has 0 aliphatic carbocycles. The molecule has 2 heterocycles. The summed E-state index contributed by atoms with van der Waals surface area (Å²) in [6, 6.07) is 9.67. The fourth-order valence-corrected chi connectivity index (χ4v) is 3.89. The summed E-state index contributed by atoms with van der Waals surface area (Å²) in [6.07, 6.45) is 0.817. The molecule has 0 spiro atoms. The first-order chi connectivity index (χ1) is 13.9. The van der Waals surface area contributed by atoms with Crippen LogP contribution in [0.3, 0.4) is 0 Å². The van der Waals surface area contributed by atoms with Crippen molar-refractivity contribution in [3.63, 3.8) is 0 Å². The molecule has 2 aromatic rings. The van der Waals surface area contributed by atoms with Crippen LogP contribution in [0.15, 0.2) is 36.4 Å². The van der Waals surface area contributed by atoms with Crippen LogP contribution < -0.4 is 10.1 Å². The number of halogens is 1. The monoisotopic (exact) mass is 399 g/mol. The molecule has 6 nitrogen and oxygen atoms in total. The minimum Gasteiger partial charge on any atom is -0.486 e. The van der Waals surface area contributed by atoms with E-state index in [2.05, 4.69) is 5.32 Å². The number of hydrogen-bond donors (Lipinski definition) is 1. The summed E-state index contributed by atoms with van der Waals surface area (Å²) in [5, 5.41) is 2.52. The summed E-state index contributed by atoms with van der Waals surface area (Å²) in [6.45, 7) is 2.90. The number of fused-ring (bicyclic) bond motifs is 1. The van der Waals surface area contributed by atoms with Gasteiger partial charge >= 0.3 is 0 Å². The molecule has 1 N–H and O–H groups in total. The molecule has 1 saturated heterocycles. The second kappa shape index (κ2) is 7.57. The van der Waals surface area contributed by atoms with Gasteiger partial charge < -0.3 is 19.5 Å². The number of nitrogens with one attached hydrogen (secondary N) is 1. The number of carbonyl (C=O) groups excluding carboxylic acids is 2. The van der Waals surface area contributed by atoms with Crippen LogP contribution in [0, 0.1) is 5.82 Å². The highest BCUT2D eigenvalue weighted by Gasteiger charge is 2.35. The Balaban J connectivity index is 1.59. The van der Waals surface area contributed by atoms with Crippen molar-refractivity contribution in [1.82, 2.24) is 0 Å². The number of hydrogen-bond acceptors (Lipinski definition) is 5. The molecule has 152 valence electrons. The third-order valence-corrected chi connectivity index (χ3v) is 5.61. The van der Waals surface area contributed by atoms with E-state index in [9.17, 15) is 14.0 Å². The fraction of sp³-hybridized carbons (Fsp3) is 0.364. The molecular formula is C22H22FNO5. The maximum absolute atomic E-state index is 14.4. The molecule has 2 aromatic carbocycles. The lowest BCUT2D eigenvalue weighted by atomic mass is 9.86. The van der Waals surface area contributed by atoms with Gasteiger partial charge in [0.2, 0.25) is 0 Å². The van der Waals surface area contributed by atoms with E-state index in [4.69, 9.17) is 14.2 Å². The molecule has 0 aromatic heterocycles. The number of benzene rings is 2. The maximum atomic E-state index is 14.4. The number of ether oxygens (including phenoxy) is 3. The molecule has 0 bridgehead atoms. The van der Waals surface area contributed by atoms with E-state index in [0.29, 0.717) is 54.2 Å². The molecule has 1 fully saturated rings. The topological polar surface area (TPSA) is 73.9 Å². The Morgan fingerprint density at radius 2 is 1.90 bits per heavy atom. The van der Waals surface area contributed by atoms with E-state index >= 15 is 0 Å². The van der Waals surface area contributed by atoms with E-state index < -0.39 is 29.2 Å². The van der Waals surface area contributed by atoms with Gasteiger partial charge in [-0.25, -0.2) is 4.39 Å². The van der Waals surface area contributed by atoms with Crippen LogP contribution in [0.2, 0.25) is 0 Å². The van der Waals surface area contributed by atoms with E-state index in [-0.39, 0.29) is 0 Å². The molecule has 1 unspecified atom stereocenters. The molecule has 1 amide bonds. The zero-order valence-electron chi connectivity index (χ0n) is 16.3. The van der Waals surface area contributed by atoms with Gasteiger partial charge in [0.1, 0.15) is 17.7 Å². The molecule has 0 saturated carbocycles. The summed E-state index contributed by atoms with van der Waals surface area (Å²) in [7, 11) is 1.62. The van der Waals surface area contributed by atoms with Crippen molar-refractivity contribution < 1.29 is 28.2 Å². The normalized spacial score (nSPS) is 18.9. The summed E-state index contributed by atoms with van der Waals surface area (Å²) in [4.78, 5) is 23.5. The van der Waals surface area contributed by atoms with Crippen LogP contribution in [0.25, 0.3) is 0 Å². The Hall–Kier alpha value is -2.77. The molecular weight excluding hydrogens is 377 g/mol. The van der Waals surface area contributed by atoms with Crippen molar-refractivity contribution in [2.75, 3.05) is 25.6 Å². The van der Waals surface area contributed by atoms with Crippen molar-refractivity contribution in [2.24, 2.45) is 0 Å². The molecule has 1 atom stereocenters. The van der Waals surface area contributed by atoms with Gasteiger partial charge in [0, 0.05) is 39.2 Å². The van der Waals surface area contributed by atoms with Crippen molar-refractivity contribution >= 4 is 17.4 Å². The summed E-state index contributed by atoms with van der Waals surface area (Å²) >= 11 is 0. The Morgan fingerprint density at radius 1 is 1.14 bits per heavy atom. The lowest BCUT2D eigenvalue weighted by Gasteiger charge is -2.36. The van der Waals surface area contributed by atoms with Gasteiger partial charge in [-0.1, -0.05) is 6.07 Å². The second-order valence-electron chi connectivity index (χ2n) is 7.33. The van der Waals surface area contributed by atoms with E-state index in [0.717, 1.165) is 0 Å². The fourth-order valence-electron chi connectivity index (χ4n) is 3.89. The molecule has 2 aliphatic heterocycles. The predicted octanol–water partition coefficient (Wildman–Crippen LogP) is 3.75. The maximum Gasteiger partial charge on any atom is 0.296 e. The zero-order valence-corrected chi connectivity index (χ0v) is 16.3. The van der Waals surface area contributed by atoms with Crippen LogP contribution in [0.4, 0.5) is 10.1 Å². The first-order valence-corrected chi connectivity index (χ1v) is 9.52. The van der Waals surface area contributed by atoms with Crippen LogP contribution in [-0.2, 0) is 19.9 Å². The lowest BCUT2D eigenvalue weighted by Crippen LogP contribution is -2.35. The van der Waals surface area contributed by atoms with Crippen LogP contribution >= 0.6 is 0 Å². The van der Waals surface area contributed by atoms with Gasteiger partial charge in [-0.3, -0.25) is 9.59 Å². The number of anilines is 1. The third kappa shape index (κ3) is 3.63. The van der Waals surface area contributed by atoms with Crippen molar-refractivity contribution in [3.8, 4) is 5.75 Å². The van der Waals surface area contributed by atoms with E-state index in [1.807, 2.05) is 6.92 Å². The highest BCUT2D eigenvalue weighted by molar-refractivity contribution is 6.51. The largest absolute Gasteiger partial charge is 0.486 e. The molecule has 29 heavy (non-hydrogen) atoms. The van der Waals surface area contributed by atoms with Gasteiger partial charge in [0.05, 0.1) is 16.9 Å². The molecule has 0 radical (unpaired) electrons. The first-order valence-electron chi connectivity index (χ1n) is 9.52. The highest BCUT2D eigenvalue weighted by atomic mass is 19.1. The minimum absolute atomic E-state index is 0.323. The number of Topliss-reactive ketones (excluding diaryl/α,β-unsaturated/α-hetero) is 1. The van der Waals surface area contributed by atoms with Crippen molar-refractivity contribution in [3.05, 3.63) is 58.9 Å². The SMILES string of the molecule is COC1(c2cc(F)cc(OC(C)c3ccc4c(c3)C(=O)C(=O)N4)c2)CCOCC1. The van der Waals surface area contributed by atoms with Gasteiger partial charge in [-0.05, 0) is 42.3 Å². The molecule has 4 rings (SSSR count). The van der Waals surface area contributed by atoms with Gasteiger partial charge in [-0.2, -0.15) is 0 Å². The smallest absolute Gasteiger partial charge is 0.296 e. The van der Waals surface area contributed by atoms with Crippen LogP contribution in [0.5, 0.6) is 5.75 Å². The second-order valence-corrected chi connectivity index (χ2v) is 7.33. The summed E-state index contributed by atoms with van der Waals surface area (Å²) in [5.41, 5.74) is 1.64. The Morgan fingerprint density at radius 3 is 2.62 bits per heavy atom. The van der Waals surface area contributed by atoms with E-state index in [1.165, 1.54) is 12.1 Å². The van der Waals surface area contributed by atoms with E-state index in [1.54, 1.807) is 31.4 Å². The Kier molecular flexibility index (Phi) is 5.10. The minimum atomic E-state index is -0.637. The molecule has 7 heteroatoms. The Bertz CT molecular complexity index is 968. The van der Waals surface area contributed by atoms with Crippen LogP contribution in [0.1, 0.15) is 47.4 Å². The summed E-state index contributed by atoms with van der Waals surface area (Å²) < 4.78 is 31.5. The average Bonchev–Trinajstić information content (AvgIpc) is 3.01. The third-order valence-electron chi connectivity index (χ3n) is 5.61. The predicted molar refractivity (Wildman–Crippen MR) is 104 cm³/mol. The van der Waals surface area contributed by atoms with Crippen LogP contribution in [-0.4, -0.2) is 32.0 Å². The number of carbonyl (C=O) groups is 2. The summed E-state index contributed by atoms with van der Waals surface area (Å²) in [5.74, 6) is -1.24.